The zero-order valence-electron chi connectivity index (χ0n) is 18.7. The number of carbonyl (C=O) groups is 2. The van der Waals surface area contributed by atoms with Gasteiger partial charge in [-0.1, -0.05) is 38.5 Å². The molecule has 0 radical (unpaired) electrons. The van der Waals surface area contributed by atoms with E-state index in [1.807, 2.05) is 0 Å². The summed E-state index contributed by atoms with van der Waals surface area (Å²) in [5.74, 6) is -0.740. The number of hydrogen-bond donors (Lipinski definition) is 1. The van der Waals surface area contributed by atoms with Gasteiger partial charge in [-0.15, -0.1) is 0 Å². The van der Waals surface area contributed by atoms with Crippen LogP contribution in [0.1, 0.15) is 70.1 Å². The zero-order valence-corrected chi connectivity index (χ0v) is 14.7. The van der Waals surface area contributed by atoms with Gasteiger partial charge in [-0.3, -0.25) is 9.59 Å². The van der Waals surface area contributed by atoms with Crippen LogP contribution in [0.4, 0.5) is 0 Å². The Morgan fingerprint density at radius 1 is 0.875 bits per heavy atom. The first-order chi connectivity index (χ1) is 13.0. The monoisotopic (exact) mass is 342 g/mol. The highest BCUT2D eigenvalue weighted by Gasteiger charge is 2.34. The third-order valence-corrected chi connectivity index (χ3v) is 4.15. The van der Waals surface area contributed by atoms with Gasteiger partial charge in [0.25, 0.3) is 0 Å². The molecule has 5 heteroatoms. The van der Waals surface area contributed by atoms with Crippen molar-refractivity contribution in [3.05, 3.63) is 22.7 Å². The van der Waals surface area contributed by atoms with Gasteiger partial charge in [-0.2, -0.15) is 0 Å². The minimum absolute atomic E-state index is 0.0346. The van der Waals surface area contributed by atoms with Crippen molar-refractivity contribution in [2.75, 3.05) is 20.8 Å². The minimum Gasteiger partial charge on any atom is -0.489 e. The second-order valence-corrected chi connectivity index (χ2v) is 5.74. The molecule has 0 saturated heterocycles. The molecule has 0 amide bonds. The van der Waals surface area contributed by atoms with Crippen molar-refractivity contribution >= 4 is 11.6 Å². The summed E-state index contributed by atoms with van der Waals surface area (Å²) in [7, 11) is 2.67. The maximum atomic E-state index is 12.5. The van der Waals surface area contributed by atoms with Crippen molar-refractivity contribution in [2.24, 2.45) is 0 Å². The summed E-state index contributed by atoms with van der Waals surface area (Å²) in [6.07, 6.45) is 2.76. The molecule has 0 atom stereocenters. The topological polar surface area (TPSA) is 72.8 Å². The largest absolute Gasteiger partial charge is 0.489 e. The summed E-state index contributed by atoms with van der Waals surface area (Å²) in [6, 6.07) is 0. The standard InChI is InChI=1S/C19H30O5/c1-14-15(12-10-8-6-4-5-7-9-11-13-20)17(22)19(24-3)18(23-2)16(14)21/h20H,4-13H2,1-3H3/i11D2,13D2. The van der Waals surface area contributed by atoms with E-state index in [2.05, 4.69) is 0 Å². The van der Waals surface area contributed by atoms with E-state index in [1.54, 1.807) is 6.92 Å². The van der Waals surface area contributed by atoms with Crippen LogP contribution < -0.4 is 0 Å². The molecule has 0 fully saturated rings. The van der Waals surface area contributed by atoms with E-state index in [-0.39, 0.29) is 29.5 Å². The van der Waals surface area contributed by atoms with E-state index in [9.17, 15) is 9.59 Å². The van der Waals surface area contributed by atoms with Crippen LogP contribution in [0.25, 0.3) is 0 Å². The van der Waals surface area contributed by atoms with Crippen molar-refractivity contribution in [1.82, 2.24) is 0 Å². The first kappa shape index (κ1) is 14.7. The Bertz CT molecular complexity index is 647. The first-order valence-electron chi connectivity index (χ1n) is 10.3. The second-order valence-electron chi connectivity index (χ2n) is 5.74. The fourth-order valence-electron chi connectivity index (χ4n) is 2.77. The number of aliphatic hydroxyl groups is 1. The smallest absolute Gasteiger partial charge is 0.228 e. The summed E-state index contributed by atoms with van der Waals surface area (Å²) in [6.45, 7) is -1.21. The number of rotatable bonds is 12. The van der Waals surface area contributed by atoms with E-state index in [4.69, 9.17) is 20.1 Å². The molecule has 1 aliphatic rings. The molecule has 1 rings (SSSR count). The molecule has 0 aromatic heterocycles. The lowest BCUT2D eigenvalue weighted by molar-refractivity contribution is -0.121. The Hall–Kier alpha value is -1.62. The Kier molecular flexibility index (Phi) is 6.75. The Labute approximate surface area is 150 Å². The van der Waals surface area contributed by atoms with Crippen molar-refractivity contribution in [3.8, 4) is 0 Å². The number of Topliss-reactive ketones (excluding diaryl/α,β-unsaturated/α-hetero) is 2. The third-order valence-electron chi connectivity index (χ3n) is 4.15. The highest BCUT2D eigenvalue weighted by Crippen LogP contribution is 2.28. The highest BCUT2D eigenvalue weighted by atomic mass is 16.5. The number of ketones is 2. The first-order valence-corrected chi connectivity index (χ1v) is 8.31. The number of unbranched alkanes of at least 4 members (excludes halogenated alkanes) is 5. The molecular formula is C19H30O5. The third kappa shape index (κ3) is 5.48. The van der Waals surface area contributed by atoms with E-state index >= 15 is 0 Å². The molecule has 0 unspecified atom stereocenters. The predicted molar refractivity (Wildman–Crippen MR) is 92.4 cm³/mol. The van der Waals surface area contributed by atoms with Gasteiger partial charge >= 0.3 is 0 Å². The van der Waals surface area contributed by atoms with Gasteiger partial charge in [0.2, 0.25) is 23.1 Å². The Balaban J connectivity index is 2.38. The Morgan fingerprint density at radius 2 is 1.38 bits per heavy atom. The van der Waals surface area contributed by atoms with Crippen LogP contribution in [0.2, 0.25) is 0 Å². The van der Waals surface area contributed by atoms with Crippen molar-refractivity contribution in [2.45, 2.75) is 64.7 Å². The number of carbonyl (C=O) groups excluding carboxylic acids is 2. The molecule has 0 aromatic rings. The average molecular weight is 342 g/mol. The Morgan fingerprint density at radius 3 is 1.92 bits per heavy atom. The van der Waals surface area contributed by atoms with E-state index in [1.165, 1.54) is 14.2 Å². The molecule has 1 N–H and O–H groups in total. The summed E-state index contributed by atoms with van der Waals surface area (Å²) >= 11 is 0. The van der Waals surface area contributed by atoms with Crippen molar-refractivity contribution in [1.29, 1.82) is 0 Å². The van der Waals surface area contributed by atoms with Crippen molar-refractivity contribution < 1.29 is 29.7 Å². The zero-order chi connectivity index (χ0) is 21.5. The lowest BCUT2D eigenvalue weighted by atomic mass is 9.89. The van der Waals surface area contributed by atoms with Crippen LogP contribution in [0.3, 0.4) is 0 Å². The summed E-state index contributed by atoms with van der Waals surface area (Å²) < 4.78 is 39.2. The van der Waals surface area contributed by atoms with Crippen LogP contribution in [-0.4, -0.2) is 37.5 Å². The maximum Gasteiger partial charge on any atom is 0.228 e. The average Bonchev–Trinajstić information content (AvgIpc) is 2.61. The predicted octanol–water partition coefficient (Wildman–Crippen LogP) is 3.46. The molecule has 0 aliphatic heterocycles. The summed E-state index contributed by atoms with van der Waals surface area (Å²) in [5.41, 5.74) is 0.851. The van der Waals surface area contributed by atoms with Gasteiger partial charge in [0, 0.05) is 20.4 Å². The molecule has 0 bridgehead atoms. The lowest BCUT2D eigenvalue weighted by Gasteiger charge is -2.20. The molecule has 136 valence electrons. The highest BCUT2D eigenvalue weighted by molar-refractivity contribution is 6.23. The van der Waals surface area contributed by atoms with Gasteiger partial charge in [0.15, 0.2) is 0 Å². The molecule has 0 heterocycles. The number of ether oxygens (including phenoxy) is 2. The molecule has 0 aromatic carbocycles. The van der Waals surface area contributed by atoms with E-state index < -0.39 is 12.9 Å². The molecule has 0 spiro atoms. The van der Waals surface area contributed by atoms with Crippen LogP contribution in [-0.2, 0) is 19.1 Å². The summed E-state index contributed by atoms with van der Waals surface area (Å²) in [4.78, 5) is 24.8. The molecule has 1 aliphatic carbocycles. The van der Waals surface area contributed by atoms with Crippen molar-refractivity contribution in [3.63, 3.8) is 0 Å². The molecule has 5 nitrogen and oxygen atoms in total. The fraction of sp³-hybridized carbons (Fsp3) is 0.684. The number of methoxy groups -OCH3 is 2. The van der Waals surface area contributed by atoms with Crippen LogP contribution >= 0.6 is 0 Å². The van der Waals surface area contributed by atoms with Crippen LogP contribution in [0.15, 0.2) is 22.7 Å². The second kappa shape index (κ2) is 11.0. The van der Waals surface area contributed by atoms with Gasteiger partial charge in [0.1, 0.15) is 0 Å². The van der Waals surface area contributed by atoms with Gasteiger partial charge in [0.05, 0.1) is 17.0 Å². The van der Waals surface area contributed by atoms with Gasteiger partial charge in [-0.05, 0) is 26.1 Å². The lowest BCUT2D eigenvalue weighted by Crippen LogP contribution is -2.25. The number of allylic oxidation sites excluding steroid dienone is 2. The minimum atomic E-state index is -2.83. The van der Waals surface area contributed by atoms with E-state index in [0.29, 0.717) is 24.0 Å². The fourth-order valence-corrected chi connectivity index (χ4v) is 2.77. The van der Waals surface area contributed by atoms with Crippen LogP contribution in [0.5, 0.6) is 0 Å². The maximum absolute atomic E-state index is 12.5. The van der Waals surface area contributed by atoms with E-state index in [0.717, 1.165) is 32.1 Å². The normalized spacial score (nSPS) is 19.0. The quantitative estimate of drug-likeness (QED) is 0.434. The number of hydrogen-bond acceptors (Lipinski definition) is 5. The summed E-state index contributed by atoms with van der Waals surface area (Å²) in [5, 5.41) is 9.15. The SMILES string of the molecule is [2H]C([2H])(O)C([2H])([2H])CCCCCCCCC1=C(C)C(=O)C(OC)=C(OC)C1=O. The van der Waals surface area contributed by atoms with Gasteiger partial charge < -0.3 is 14.6 Å². The van der Waals surface area contributed by atoms with Crippen LogP contribution in [0, 0.1) is 0 Å². The van der Waals surface area contributed by atoms with Gasteiger partial charge in [-0.25, -0.2) is 0 Å². The molecule has 0 saturated carbocycles. The molecule has 24 heavy (non-hydrogen) atoms. The molecular weight excluding hydrogens is 308 g/mol.